The highest BCUT2D eigenvalue weighted by molar-refractivity contribution is 5.94. The van der Waals surface area contributed by atoms with Gasteiger partial charge >= 0.3 is 5.97 Å². The quantitative estimate of drug-likeness (QED) is 0.737. The molecule has 0 aromatic heterocycles. The summed E-state index contributed by atoms with van der Waals surface area (Å²) in [5.41, 5.74) is 0.525. The molecular weight excluding hydrogens is 312 g/mol. The Bertz CT molecular complexity index is 596. The monoisotopic (exact) mass is 334 g/mol. The van der Waals surface area contributed by atoms with Gasteiger partial charge in [-0.2, -0.15) is 0 Å². The molecule has 1 aromatic carbocycles. The lowest BCUT2D eigenvalue weighted by Gasteiger charge is -2.11. The van der Waals surface area contributed by atoms with Crippen LogP contribution in [0.25, 0.3) is 0 Å². The average Bonchev–Trinajstić information content (AvgIpc) is 3.12. The highest BCUT2D eigenvalue weighted by Crippen LogP contribution is 2.24. The molecule has 7 nitrogen and oxygen atoms in total. The maximum absolute atomic E-state index is 11.9. The van der Waals surface area contributed by atoms with Gasteiger partial charge in [-0.1, -0.05) is 18.9 Å². The number of esters is 1. The van der Waals surface area contributed by atoms with Gasteiger partial charge in [-0.05, 0) is 25.0 Å². The minimum Gasteiger partial charge on any atom is -0.482 e. The summed E-state index contributed by atoms with van der Waals surface area (Å²) in [6.45, 7) is -0.270. The number of ether oxygens (including phenoxy) is 2. The van der Waals surface area contributed by atoms with Crippen molar-refractivity contribution >= 4 is 23.5 Å². The summed E-state index contributed by atoms with van der Waals surface area (Å²) < 4.78 is 9.74. The number of rotatable bonds is 7. The van der Waals surface area contributed by atoms with E-state index in [-0.39, 0.29) is 30.9 Å². The molecule has 1 aromatic rings. The van der Waals surface area contributed by atoms with Crippen LogP contribution in [0.3, 0.4) is 0 Å². The number of amides is 2. The summed E-state index contributed by atoms with van der Waals surface area (Å²) in [4.78, 5) is 34.8. The minimum absolute atomic E-state index is 0.0350. The Morgan fingerprint density at radius 3 is 2.67 bits per heavy atom. The zero-order chi connectivity index (χ0) is 17.4. The molecule has 1 fully saturated rings. The summed E-state index contributed by atoms with van der Waals surface area (Å²) in [5, 5.41) is 5.34. The van der Waals surface area contributed by atoms with Crippen LogP contribution < -0.4 is 15.4 Å². The zero-order valence-corrected chi connectivity index (χ0v) is 13.7. The van der Waals surface area contributed by atoms with Crippen LogP contribution in [0, 0.1) is 5.92 Å². The zero-order valence-electron chi connectivity index (χ0n) is 13.7. The molecule has 0 atom stereocenters. The van der Waals surface area contributed by atoms with Crippen molar-refractivity contribution in [1.82, 2.24) is 5.32 Å². The highest BCUT2D eigenvalue weighted by atomic mass is 16.6. The van der Waals surface area contributed by atoms with E-state index in [0.717, 1.165) is 25.7 Å². The molecule has 0 heterocycles. The molecule has 0 spiro atoms. The summed E-state index contributed by atoms with van der Waals surface area (Å²) in [6.07, 6.45) is 3.94. The Balaban J connectivity index is 1.78. The van der Waals surface area contributed by atoms with Gasteiger partial charge in [0.15, 0.2) is 6.61 Å². The second kappa shape index (κ2) is 8.90. The normalized spacial score (nSPS) is 14.0. The number of anilines is 1. The third-order valence-electron chi connectivity index (χ3n) is 3.85. The summed E-state index contributed by atoms with van der Waals surface area (Å²) in [7, 11) is 1.28. The molecule has 0 radical (unpaired) electrons. The molecule has 2 N–H and O–H groups in total. The third-order valence-corrected chi connectivity index (χ3v) is 3.85. The van der Waals surface area contributed by atoms with E-state index in [1.807, 2.05) is 0 Å². The van der Waals surface area contributed by atoms with Gasteiger partial charge < -0.3 is 20.1 Å². The molecule has 1 saturated carbocycles. The smallest absolute Gasteiger partial charge is 0.343 e. The molecule has 1 aliphatic carbocycles. The van der Waals surface area contributed by atoms with E-state index in [2.05, 4.69) is 15.4 Å². The first-order chi connectivity index (χ1) is 11.6. The molecular formula is C17H22N2O5. The topological polar surface area (TPSA) is 93.7 Å². The fraction of sp³-hybridized carbons (Fsp3) is 0.471. The Morgan fingerprint density at radius 1 is 1.21 bits per heavy atom. The molecule has 2 rings (SSSR count). The van der Waals surface area contributed by atoms with Gasteiger partial charge in [-0.25, -0.2) is 4.79 Å². The van der Waals surface area contributed by atoms with Crippen LogP contribution in [-0.4, -0.2) is 38.0 Å². The number of hydrogen-bond donors (Lipinski definition) is 2. The standard InChI is InChI=1S/C17H22N2O5/c1-23-16(21)11-24-14-8-4-7-13(9-14)19-15(20)10-18-17(22)12-5-2-3-6-12/h4,7-9,12H,2-3,5-6,10-11H2,1H3,(H,18,22)(H,19,20). The number of benzene rings is 1. The van der Waals surface area contributed by atoms with Gasteiger partial charge in [0.25, 0.3) is 0 Å². The average molecular weight is 334 g/mol. The van der Waals surface area contributed by atoms with E-state index in [9.17, 15) is 14.4 Å². The van der Waals surface area contributed by atoms with Gasteiger partial charge in [-0.15, -0.1) is 0 Å². The van der Waals surface area contributed by atoms with Crippen LogP contribution in [0.15, 0.2) is 24.3 Å². The first-order valence-corrected chi connectivity index (χ1v) is 7.95. The molecule has 0 saturated heterocycles. The molecule has 2 amide bonds. The lowest BCUT2D eigenvalue weighted by molar-refractivity contribution is -0.142. The lowest BCUT2D eigenvalue weighted by Crippen LogP contribution is -2.36. The maximum Gasteiger partial charge on any atom is 0.343 e. The largest absolute Gasteiger partial charge is 0.482 e. The summed E-state index contributed by atoms with van der Waals surface area (Å²) in [6, 6.07) is 6.65. The van der Waals surface area contributed by atoms with Crippen molar-refractivity contribution in [3.05, 3.63) is 24.3 Å². The Labute approximate surface area is 140 Å². The molecule has 1 aliphatic rings. The first kappa shape index (κ1) is 17.8. The summed E-state index contributed by atoms with van der Waals surface area (Å²) in [5.74, 6) is -0.385. The highest BCUT2D eigenvalue weighted by Gasteiger charge is 2.22. The minimum atomic E-state index is -0.487. The maximum atomic E-state index is 11.9. The number of carbonyl (C=O) groups excluding carboxylic acids is 3. The van der Waals surface area contributed by atoms with Crippen LogP contribution in [0.4, 0.5) is 5.69 Å². The van der Waals surface area contributed by atoms with Crippen LogP contribution in [0.2, 0.25) is 0 Å². The van der Waals surface area contributed by atoms with Crippen molar-refractivity contribution in [3.8, 4) is 5.75 Å². The number of nitrogens with one attached hydrogen (secondary N) is 2. The molecule has 0 unspecified atom stereocenters. The molecule has 0 aliphatic heterocycles. The van der Waals surface area contributed by atoms with Gasteiger partial charge in [0.05, 0.1) is 13.7 Å². The van der Waals surface area contributed by atoms with Gasteiger partial charge in [0, 0.05) is 17.7 Å². The number of hydrogen-bond acceptors (Lipinski definition) is 5. The third kappa shape index (κ3) is 5.57. The van der Waals surface area contributed by atoms with E-state index < -0.39 is 5.97 Å². The Morgan fingerprint density at radius 2 is 1.96 bits per heavy atom. The predicted octanol–water partition coefficient (Wildman–Crippen LogP) is 1.48. The Hall–Kier alpha value is -2.57. The van der Waals surface area contributed by atoms with Crippen LogP contribution in [0.1, 0.15) is 25.7 Å². The van der Waals surface area contributed by atoms with Gasteiger partial charge in [0.1, 0.15) is 5.75 Å². The molecule has 24 heavy (non-hydrogen) atoms. The lowest BCUT2D eigenvalue weighted by atomic mass is 10.1. The van der Waals surface area contributed by atoms with Crippen molar-refractivity contribution in [2.45, 2.75) is 25.7 Å². The van der Waals surface area contributed by atoms with Crippen molar-refractivity contribution < 1.29 is 23.9 Å². The van der Waals surface area contributed by atoms with E-state index in [0.29, 0.717) is 11.4 Å². The van der Waals surface area contributed by atoms with E-state index in [4.69, 9.17) is 4.74 Å². The van der Waals surface area contributed by atoms with E-state index >= 15 is 0 Å². The van der Waals surface area contributed by atoms with E-state index in [1.165, 1.54) is 7.11 Å². The van der Waals surface area contributed by atoms with Crippen LogP contribution >= 0.6 is 0 Å². The van der Waals surface area contributed by atoms with Crippen molar-refractivity contribution in [3.63, 3.8) is 0 Å². The first-order valence-electron chi connectivity index (χ1n) is 7.95. The fourth-order valence-electron chi connectivity index (χ4n) is 2.57. The van der Waals surface area contributed by atoms with Crippen molar-refractivity contribution in [2.75, 3.05) is 25.6 Å². The molecule has 0 bridgehead atoms. The Kier molecular flexibility index (Phi) is 6.60. The van der Waals surface area contributed by atoms with E-state index in [1.54, 1.807) is 24.3 Å². The van der Waals surface area contributed by atoms with Gasteiger partial charge in [-0.3, -0.25) is 9.59 Å². The SMILES string of the molecule is COC(=O)COc1cccc(NC(=O)CNC(=O)C2CCCC2)c1. The second-order valence-corrected chi connectivity index (χ2v) is 5.64. The fourth-order valence-corrected chi connectivity index (χ4v) is 2.57. The van der Waals surface area contributed by atoms with Crippen molar-refractivity contribution in [1.29, 1.82) is 0 Å². The van der Waals surface area contributed by atoms with Crippen molar-refractivity contribution in [2.24, 2.45) is 5.92 Å². The van der Waals surface area contributed by atoms with Gasteiger partial charge in [0.2, 0.25) is 11.8 Å². The van der Waals surface area contributed by atoms with Crippen LogP contribution in [-0.2, 0) is 19.1 Å². The molecule has 130 valence electrons. The number of methoxy groups -OCH3 is 1. The molecule has 7 heteroatoms. The summed E-state index contributed by atoms with van der Waals surface area (Å²) >= 11 is 0. The number of carbonyl (C=O) groups is 3. The predicted molar refractivity (Wildman–Crippen MR) is 87.6 cm³/mol. The second-order valence-electron chi connectivity index (χ2n) is 5.64. The van der Waals surface area contributed by atoms with Crippen LogP contribution in [0.5, 0.6) is 5.75 Å².